The van der Waals surface area contributed by atoms with E-state index >= 15 is 0 Å². The number of hydrogen-bond acceptors (Lipinski definition) is 13. The maximum atomic E-state index is 11.6. The van der Waals surface area contributed by atoms with E-state index in [0.29, 0.717) is 0 Å². The van der Waals surface area contributed by atoms with Crippen LogP contribution in [0.4, 0.5) is 0 Å². The summed E-state index contributed by atoms with van der Waals surface area (Å²) in [5.41, 5.74) is 0.0630. The van der Waals surface area contributed by atoms with Crippen LogP contribution >= 0.6 is 0 Å². The van der Waals surface area contributed by atoms with Crippen LogP contribution in [0.25, 0.3) is 0 Å². The summed E-state index contributed by atoms with van der Waals surface area (Å²) in [6.45, 7) is 0. The van der Waals surface area contributed by atoms with Crippen LogP contribution in [0.5, 0.6) is 57.5 Å². The molecule has 0 fully saturated rings. The Morgan fingerprint density at radius 3 is 1.95 bits per heavy atom. The van der Waals surface area contributed by atoms with E-state index in [1.54, 1.807) is 0 Å². The molecular formula is C30H26O13. The maximum Gasteiger partial charge on any atom is 0.267 e. The van der Waals surface area contributed by atoms with Gasteiger partial charge < -0.3 is 65.3 Å². The number of fused-ring (bicyclic) bond motifs is 2. The van der Waals surface area contributed by atoms with Crippen molar-refractivity contribution in [3.8, 4) is 57.5 Å². The van der Waals surface area contributed by atoms with Gasteiger partial charge in [-0.05, 0) is 35.9 Å². The average molecular weight is 595 g/mol. The van der Waals surface area contributed by atoms with Crippen LogP contribution in [0.15, 0.2) is 60.7 Å². The second-order valence-electron chi connectivity index (χ2n) is 10.3. The standard InChI is InChI=1S/C30H26O13/c31-14-7-19(35)16-11-25(28(41-23(16)9-14)12-1-3-17(33)20(36)5-12)43-30(13-2-4-18(34)21(37)6-13)29(40)27(39)26-22(38)8-15(32)10-24(26)42-30/h1-10,25,27-29,31-40H,11H2/t25-,27+,28+,29-,30+/m1/s1. The van der Waals surface area contributed by atoms with E-state index in [2.05, 4.69) is 0 Å². The van der Waals surface area contributed by atoms with Gasteiger partial charge in [-0.1, -0.05) is 6.07 Å². The van der Waals surface area contributed by atoms with Crippen molar-refractivity contribution in [2.24, 2.45) is 0 Å². The molecule has 10 N–H and O–H groups in total. The molecular weight excluding hydrogens is 568 g/mol. The van der Waals surface area contributed by atoms with Crippen LogP contribution < -0.4 is 9.47 Å². The molecule has 2 aliphatic heterocycles. The number of ether oxygens (including phenoxy) is 3. The Balaban J connectivity index is 1.54. The summed E-state index contributed by atoms with van der Waals surface area (Å²) in [5, 5.41) is 104. The first kappa shape index (κ1) is 27.9. The monoisotopic (exact) mass is 594 g/mol. The molecule has 0 bridgehead atoms. The summed E-state index contributed by atoms with van der Waals surface area (Å²) in [5.74, 6) is -6.38. The first-order valence-electron chi connectivity index (χ1n) is 12.9. The van der Waals surface area contributed by atoms with Gasteiger partial charge in [-0.25, -0.2) is 0 Å². The van der Waals surface area contributed by atoms with Crippen LogP contribution in [-0.2, 0) is 16.9 Å². The quantitative estimate of drug-likeness (QED) is 0.153. The van der Waals surface area contributed by atoms with E-state index in [4.69, 9.17) is 14.2 Å². The van der Waals surface area contributed by atoms with Gasteiger partial charge in [-0.15, -0.1) is 0 Å². The number of benzene rings is 4. The van der Waals surface area contributed by atoms with Crippen molar-refractivity contribution in [3.63, 3.8) is 0 Å². The predicted molar refractivity (Wildman–Crippen MR) is 144 cm³/mol. The van der Waals surface area contributed by atoms with E-state index < -0.39 is 64.7 Å². The van der Waals surface area contributed by atoms with Crippen LogP contribution in [0.1, 0.15) is 34.5 Å². The molecule has 43 heavy (non-hydrogen) atoms. The van der Waals surface area contributed by atoms with Gasteiger partial charge in [0.25, 0.3) is 5.79 Å². The van der Waals surface area contributed by atoms with Gasteiger partial charge in [-0.3, -0.25) is 0 Å². The van der Waals surface area contributed by atoms with E-state index in [1.165, 1.54) is 30.3 Å². The zero-order chi connectivity index (χ0) is 30.8. The minimum atomic E-state index is -2.42. The Morgan fingerprint density at radius 1 is 0.651 bits per heavy atom. The molecule has 0 aliphatic carbocycles. The molecule has 224 valence electrons. The Labute approximate surface area is 242 Å². The normalized spacial score (nSPS) is 24.3. The number of phenols is 8. The minimum absolute atomic E-state index is 0.0663. The molecule has 13 heteroatoms. The van der Waals surface area contributed by atoms with Crippen molar-refractivity contribution in [2.45, 2.75) is 36.6 Å². The van der Waals surface area contributed by atoms with Gasteiger partial charge in [0.05, 0.1) is 5.56 Å². The lowest BCUT2D eigenvalue weighted by Crippen LogP contribution is -2.55. The summed E-state index contributed by atoms with van der Waals surface area (Å²) in [7, 11) is 0. The van der Waals surface area contributed by atoms with Crippen LogP contribution in [0, 0.1) is 0 Å². The third kappa shape index (κ3) is 4.55. The summed E-state index contributed by atoms with van der Waals surface area (Å²) < 4.78 is 18.7. The molecule has 4 aromatic carbocycles. The first-order valence-corrected chi connectivity index (χ1v) is 12.9. The highest BCUT2D eigenvalue weighted by Crippen LogP contribution is 2.53. The number of aliphatic hydroxyl groups excluding tert-OH is 2. The van der Waals surface area contributed by atoms with Gasteiger partial charge in [0.2, 0.25) is 0 Å². The molecule has 5 atom stereocenters. The molecule has 0 saturated carbocycles. The third-order valence-electron chi connectivity index (χ3n) is 7.55. The molecule has 13 nitrogen and oxygen atoms in total. The van der Waals surface area contributed by atoms with Gasteiger partial charge in [0, 0.05) is 41.8 Å². The highest BCUT2D eigenvalue weighted by molar-refractivity contribution is 5.55. The SMILES string of the molecule is Oc1cc(O)c2c(c1)O[C@@H](c1ccc(O)c(O)c1)[C@H](O[C@]1(c3ccc(O)c(O)c3)Oc3cc(O)cc(O)c3[C@H](O)[C@H]1O)C2. The Kier molecular flexibility index (Phi) is 6.45. The number of hydrogen-bond donors (Lipinski definition) is 10. The van der Waals surface area contributed by atoms with Crippen LogP contribution in [0.3, 0.4) is 0 Å². The van der Waals surface area contributed by atoms with Crippen molar-refractivity contribution >= 4 is 0 Å². The van der Waals surface area contributed by atoms with Gasteiger partial charge in [0.1, 0.15) is 46.7 Å². The lowest BCUT2D eigenvalue weighted by Gasteiger charge is -2.47. The molecule has 0 amide bonds. The molecule has 0 unspecified atom stereocenters. The number of aliphatic hydroxyl groups is 2. The highest BCUT2D eigenvalue weighted by Gasteiger charge is 2.56. The van der Waals surface area contributed by atoms with Crippen molar-refractivity contribution in [3.05, 3.63) is 82.9 Å². The Morgan fingerprint density at radius 2 is 1.28 bits per heavy atom. The van der Waals surface area contributed by atoms with Crippen LogP contribution in [-0.4, -0.2) is 63.3 Å². The van der Waals surface area contributed by atoms with Gasteiger partial charge in [0.15, 0.2) is 35.2 Å². The molecule has 4 aromatic rings. The van der Waals surface area contributed by atoms with E-state index in [9.17, 15) is 51.1 Å². The molecule has 0 radical (unpaired) electrons. The van der Waals surface area contributed by atoms with Crippen LogP contribution in [0.2, 0.25) is 0 Å². The van der Waals surface area contributed by atoms with E-state index in [1.807, 2.05) is 0 Å². The lowest BCUT2D eigenvalue weighted by atomic mass is 9.87. The molecule has 0 spiro atoms. The Hall–Kier alpha value is -5.24. The summed E-state index contributed by atoms with van der Waals surface area (Å²) in [4.78, 5) is 0. The summed E-state index contributed by atoms with van der Waals surface area (Å²) in [6, 6.07) is 11.5. The molecule has 0 aromatic heterocycles. The van der Waals surface area contributed by atoms with E-state index in [-0.39, 0.29) is 51.7 Å². The molecule has 6 rings (SSSR count). The molecule has 2 heterocycles. The second kappa shape index (κ2) is 9.94. The lowest BCUT2D eigenvalue weighted by molar-refractivity contribution is -0.307. The zero-order valence-electron chi connectivity index (χ0n) is 22.0. The average Bonchev–Trinajstić information content (AvgIpc) is 2.94. The topological polar surface area (TPSA) is 230 Å². The van der Waals surface area contributed by atoms with Crippen molar-refractivity contribution in [1.82, 2.24) is 0 Å². The highest BCUT2D eigenvalue weighted by atomic mass is 16.7. The van der Waals surface area contributed by atoms with Crippen molar-refractivity contribution in [2.75, 3.05) is 0 Å². The Bertz CT molecular complexity index is 1740. The van der Waals surface area contributed by atoms with Gasteiger partial charge >= 0.3 is 0 Å². The fourth-order valence-electron chi connectivity index (χ4n) is 5.48. The predicted octanol–water partition coefficient (Wildman–Crippen LogP) is 2.73. The summed E-state index contributed by atoms with van der Waals surface area (Å²) in [6.07, 6.45) is -6.47. The molecule has 0 saturated heterocycles. The minimum Gasteiger partial charge on any atom is -0.508 e. The second-order valence-corrected chi connectivity index (χ2v) is 10.3. The zero-order valence-corrected chi connectivity index (χ0v) is 22.0. The smallest absolute Gasteiger partial charge is 0.267 e. The van der Waals surface area contributed by atoms with Gasteiger partial charge in [-0.2, -0.15) is 0 Å². The largest absolute Gasteiger partial charge is 0.508 e. The maximum absolute atomic E-state index is 11.6. The number of rotatable bonds is 4. The van der Waals surface area contributed by atoms with Crippen molar-refractivity contribution in [1.29, 1.82) is 0 Å². The number of aromatic hydroxyl groups is 8. The fourth-order valence-corrected chi connectivity index (χ4v) is 5.48. The van der Waals surface area contributed by atoms with Crippen molar-refractivity contribution < 1.29 is 65.3 Å². The fraction of sp³-hybridized carbons (Fsp3) is 0.200. The van der Waals surface area contributed by atoms with E-state index in [0.717, 1.165) is 30.3 Å². The number of phenolic OH excluding ortho intramolecular Hbond substituents is 8. The first-order chi connectivity index (χ1) is 20.4. The third-order valence-corrected chi connectivity index (χ3v) is 7.55. The summed E-state index contributed by atoms with van der Waals surface area (Å²) >= 11 is 0. The molecule has 2 aliphatic rings.